The van der Waals surface area contributed by atoms with E-state index in [0.717, 1.165) is 17.3 Å². The van der Waals surface area contributed by atoms with Gasteiger partial charge in [0, 0.05) is 42.0 Å². The summed E-state index contributed by atoms with van der Waals surface area (Å²) < 4.78 is 0. The minimum Gasteiger partial charge on any atom is -0.507 e. The van der Waals surface area contributed by atoms with Crippen LogP contribution in [0.5, 0.6) is 5.75 Å². The van der Waals surface area contributed by atoms with Crippen LogP contribution < -0.4 is 4.90 Å². The molecular formula is C17H20BrNO. The zero-order valence-electron chi connectivity index (χ0n) is 12.2. The monoisotopic (exact) mass is 333 g/mol. The average Bonchev–Trinajstić information content (AvgIpc) is 2.75. The molecule has 1 N–H and O–H groups in total. The summed E-state index contributed by atoms with van der Waals surface area (Å²) in [7, 11) is 2.10. The van der Waals surface area contributed by atoms with Gasteiger partial charge in [-0.15, -0.1) is 0 Å². The Hall–Kier alpha value is -1.22. The number of rotatable bonds is 2. The van der Waals surface area contributed by atoms with Gasteiger partial charge in [0.15, 0.2) is 0 Å². The highest BCUT2D eigenvalue weighted by Gasteiger charge is 2.29. The molecule has 0 saturated carbocycles. The van der Waals surface area contributed by atoms with E-state index in [9.17, 15) is 5.11 Å². The third-order valence-electron chi connectivity index (χ3n) is 4.33. The molecule has 3 heteroatoms. The Bertz CT molecular complexity index is 666. The fourth-order valence-electron chi connectivity index (χ4n) is 3.18. The number of hydrogen-bond donors (Lipinski definition) is 1. The van der Waals surface area contributed by atoms with E-state index in [-0.39, 0.29) is 0 Å². The summed E-state index contributed by atoms with van der Waals surface area (Å²) in [6.07, 6.45) is 0. The molecule has 106 valence electrons. The molecule has 1 heterocycles. The van der Waals surface area contributed by atoms with Gasteiger partial charge in [0.05, 0.1) is 0 Å². The summed E-state index contributed by atoms with van der Waals surface area (Å²) >= 11 is 3.64. The van der Waals surface area contributed by atoms with E-state index in [1.807, 2.05) is 6.07 Å². The van der Waals surface area contributed by atoms with E-state index in [1.54, 1.807) is 0 Å². The van der Waals surface area contributed by atoms with Crippen molar-refractivity contribution in [2.24, 2.45) is 0 Å². The van der Waals surface area contributed by atoms with E-state index < -0.39 is 0 Å². The Balaban J connectivity index is 2.34. The molecule has 2 nitrogen and oxygen atoms in total. The highest BCUT2D eigenvalue weighted by Crippen LogP contribution is 2.45. The van der Waals surface area contributed by atoms with Gasteiger partial charge in [0.25, 0.3) is 0 Å². The normalized spacial score (nSPS) is 18.1. The van der Waals surface area contributed by atoms with Crippen molar-refractivity contribution in [2.45, 2.75) is 25.7 Å². The van der Waals surface area contributed by atoms with E-state index in [0.29, 0.717) is 17.6 Å². The summed E-state index contributed by atoms with van der Waals surface area (Å²) in [4.78, 5) is 2.24. The molecule has 1 aliphatic rings. The molecule has 0 radical (unpaired) electrons. The van der Waals surface area contributed by atoms with Crippen molar-refractivity contribution in [1.82, 2.24) is 0 Å². The topological polar surface area (TPSA) is 23.5 Å². The maximum absolute atomic E-state index is 10.3. The van der Waals surface area contributed by atoms with Crippen LogP contribution in [0.2, 0.25) is 0 Å². The quantitative estimate of drug-likeness (QED) is 0.812. The molecule has 0 unspecified atom stereocenters. The maximum atomic E-state index is 10.3. The highest BCUT2D eigenvalue weighted by molar-refractivity contribution is 9.09. The van der Waals surface area contributed by atoms with Crippen molar-refractivity contribution in [3.63, 3.8) is 0 Å². The first kappa shape index (κ1) is 13.7. The second kappa shape index (κ2) is 4.96. The molecule has 1 atom stereocenters. The zero-order valence-corrected chi connectivity index (χ0v) is 13.7. The van der Waals surface area contributed by atoms with Crippen LogP contribution in [-0.2, 0) is 0 Å². The first-order valence-electron chi connectivity index (χ1n) is 7.09. The van der Waals surface area contributed by atoms with Crippen molar-refractivity contribution in [3.8, 4) is 5.75 Å². The van der Waals surface area contributed by atoms with Crippen LogP contribution in [0, 0.1) is 0 Å². The maximum Gasteiger partial charge on any atom is 0.125 e. The first-order valence-corrected chi connectivity index (χ1v) is 8.21. The molecule has 0 fully saturated rings. The van der Waals surface area contributed by atoms with E-state index in [2.05, 4.69) is 59.9 Å². The molecule has 2 aromatic rings. The summed E-state index contributed by atoms with van der Waals surface area (Å²) in [5, 5.41) is 13.4. The van der Waals surface area contributed by atoms with Crippen molar-refractivity contribution in [1.29, 1.82) is 0 Å². The van der Waals surface area contributed by atoms with Gasteiger partial charge in [0.2, 0.25) is 0 Å². The summed E-state index contributed by atoms with van der Waals surface area (Å²) in [6.45, 7) is 5.42. The van der Waals surface area contributed by atoms with E-state index in [1.165, 1.54) is 22.2 Å². The molecule has 0 aliphatic carbocycles. The van der Waals surface area contributed by atoms with Gasteiger partial charge in [-0.05, 0) is 22.4 Å². The average molecular weight is 334 g/mol. The Kier molecular flexibility index (Phi) is 3.41. The Labute approximate surface area is 128 Å². The first-order chi connectivity index (χ1) is 9.52. The molecule has 0 bridgehead atoms. The molecule has 1 aliphatic heterocycles. The van der Waals surface area contributed by atoms with Crippen molar-refractivity contribution >= 4 is 32.4 Å². The van der Waals surface area contributed by atoms with E-state index in [4.69, 9.17) is 0 Å². The van der Waals surface area contributed by atoms with Crippen LogP contribution in [-0.4, -0.2) is 24.0 Å². The van der Waals surface area contributed by atoms with Gasteiger partial charge >= 0.3 is 0 Å². The third-order valence-corrected chi connectivity index (χ3v) is 5.11. The number of phenols is 1. The fraction of sp³-hybridized carbons (Fsp3) is 0.412. The van der Waals surface area contributed by atoms with Crippen molar-refractivity contribution in [3.05, 3.63) is 35.4 Å². The Morgan fingerprint density at radius 3 is 2.70 bits per heavy atom. The number of nitrogens with zero attached hydrogens (tertiary/aromatic N) is 1. The number of fused-ring (bicyclic) bond motifs is 3. The molecule has 2 aromatic carbocycles. The second-order valence-electron chi connectivity index (χ2n) is 6.02. The number of aromatic hydroxyl groups is 1. The van der Waals surface area contributed by atoms with Crippen molar-refractivity contribution in [2.75, 3.05) is 23.8 Å². The van der Waals surface area contributed by atoms with Crippen LogP contribution in [0.3, 0.4) is 0 Å². The lowest BCUT2D eigenvalue weighted by molar-refractivity contribution is 0.481. The minimum atomic E-state index is 0.385. The zero-order chi connectivity index (χ0) is 14.4. The molecule has 3 rings (SSSR count). The Morgan fingerprint density at radius 2 is 2.05 bits per heavy atom. The molecule has 0 amide bonds. The second-order valence-corrected chi connectivity index (χ2v) is 6.67. The largest absolute Gasteiger partial charge is 0.507 e. The van der Waals surface area contributed by atoms with Gasteiger partial charge in [-0.1, -0.05) is 48.0 Å². The van der Waals surface area contributed by atoms with Crippen LogP contribution in [0.25, 0.3) is 10.8 Å². The van der Waals surface area contributed by atoms with Crippen LogP contribution in [0.15, 0.2) is 24.3 Å². The van der Waals surface area contributed by atoms with Gasteiger partial charge in [0.1, 0.15) is 5.75 Å². The third kappa shape index (κ3) is 1.99. The lowest BCUT2D eigenvalue weighted by Gasteiger charge is -2.15. The van der Waals surface area contributed by atoms with Gasteiger partial charge in [-0.3, -0.25) is 0 Å². The van der Waals surface area contributed by atoms with Crippen LogP contribution in [0.1, 0.15) is 36.8 Å². The summed E-state index contributed by atoms with van der Waals surface area (Å²) in [6, 6.07) is 8.35. The number of likely N-dealkylation sites (N-methyl/N-ethyl adjacent to an activating group) is 1. The molecule has 0 spiro atoms. The molecular weight excluding hydrogens is 314 g/mol. The number of benzene rings is 2. The van der Waals surface area contributed by atoms with Gasteiger partial charge in [-0.25, -0.2) is 0 Å². The summed E-state index contributed by atoms with van der Waals surface area (Å²) in [5.41, 5.74) is 3.87. The molecule has 0 saturated heterocycles. The van der Waals surface area contributed by atoms with E-state index >= 15 is 0 Å². The minimum absolute atomic E-state index is 0.385. The van der Waals surface area contributed by atoms with Crippen molar-refractivity contribution < 1.29 is 5.11 Å². The number of halogens is 1. The fourth-order valence-corrected chi connectivity index (χ4v) is 3.71. The number of phenolic OH excluding ortho intramolecular Hbond substituents is 1. The van der Waals surface area contributed by atoms with Gasteiger partial charge in [-0.2, -0.15) is 0 Å². The Morgan fingerprint density at radius 1 is 1.30 bits per heavy atom. The highest BCUT2D eigenvalue weighted by atomic mass is 79.9. The van der Waals surface area contributed by atoms with Crippen LogP contribution >= 0.6 is 15.9 Å². The lowest BCUT2D eigenvalue weighted by Crippen LogP contribution is -2.15. The number of alkyl halides is 1. The van der Waals surface area contributed by atoms with Crippen LogP contribution in [0.4, 0.5) is 5.69 Å². The van der Waals surface area contributed by atoms with Gasteiger partial charge < -0.3 is 10.0 Å². The standard InChI is InChI=1S/C17H20BrNO/c1-10(2)11-4-5-13-14(6-11)17-12(8-18)9-19(3)15(17)7-16(13)20/h4-7,10,12,20H,8-9H2,1-3H3/t12-/m1/s1. The number of anilines is 1. The summed E-state index contributed by atoms with van der Waals surface area (Å²) in [5.74, 6) is 1.37. The SMILES string of the molecule is CC(C)c1ccc2c(O)cc3c(c2c1)[C@H](CBr)CN3C. The molecule has 0 aromatic heterocycles. The predicted molar refractivity (Wildman–Crippen MR) is 89.5 cm³/mol. The molecule has 20 heavy (non-hydrogen) atoms. The number of hydrogen-bond acceptors (Lipinski definition) is 2. The lowest BCUT2D eigenvalue weighted by atomic mass is 9.92. The smallest absolute Gasteiger partial charge is 0.125 e. The predicted octanol–water partition coefficient (Wildman–Crippen LogP) is 4.60.